The Bertz CT molecular complexity index is 802. The van der Waals surface area contributed by atoms with Crippen LogP contribution < -0.4 is 4.74 Å². The highest BCUT2D eigenvalue weighted by atomic mass is 35.5. The van der Waals surface area contributed by atoms with Crippen LogP contribution in [0.3, 0.4) is 0 Å². The molecule has 0 bridgehead atoms. The van der Waals surface area contributed by atoms with Gasteiger partial charge in [-0.05, 0) is 49.1 Å². The Balaban J connectivity index is 1.24. The lowest BCUT2D eigenvalue weighted by molar-refractivity contribution is 0.0667. The fraction of sp³-hybridized carbons (Fsp3) is 0.409. The topological polar surface area (TPSA) is 32.8 Å². The van der Waals surface area contributed by atoms with Gasteiger partial charge in [-0.25, -0.2) is 0 Å². The Kier molecular flexibility index (Phi) is 5.65. The van der Waals surface area contributed by atoms with Crippen molar-refractivity contribution in [2.75, 3.05) is 32.7 Å². The average molecular weight is 385 g/mol. The van der Waals surface area contributed by atoms with E-state index in [1.54, 1.807) is 0 Å². The van der Waals surface area contributed by atoms with Crippen LogP contribution in [0, 0.1) is 0 Å². The summed E-state index contributed by atoms with van der Waals surface area (Å²) in [6.45, 7) is 4.56. The Morgan fingerprint density at radius 2 is 1.81 bits per heavy atom. The number of carbonyl (C=O) groups is 1. The van der Waals surface area contributed by atoms with E-state index in [1.807, 2.05) is 47.4 Å². The maximum atomic E-state index is 12.6. The van der Waals surface area contributed by atoms with E-state index in [1.165, 1.54) is 5.56 Å². The van der Waals surface area contributed by atoms with E-state index in [0.717, 1.165) is 63.3 Å². The van der Waals surface area contributed by atoms with Crippen molar-refractivity contribution in [1.82, 2.24) is 9.80 Å². The molecular formula is C22H25ClN2O2. The minimum Gasteiger partial charge on any atom is -0.490 e. The molecule has 0 atom stereocenters. The van der Waals surface area contributed by atoms with Gasteiger partial charge in [-0.3, -0.25) is 4.79 Å². The van der Waals surface area contributed by atoms with Crippen LogP contribution in [0.5, 0.6) is 5.75 Å². The van der Waals surface area contributed by atoms with Crippen LogP contribution >= 0.6 is 11.6 Å². The van der Waals surface area contributed by atoms with E-state index in [0.29, 0.717) is 5.02 Å². The van der Waals surface area contributed by atoms with Gasteiger partial charge in [0, 0.05) is 43.3 Å². The molecule has 2 aromatic rings. The van der Waals surface area contributed by atoms with E-state index < -0.39 is 0 Å². The van der Waals surface area contributed by atoms with Crippen LogP contribution in [0.4, 0.5) is 0 Å². The van der Waals surface area contributed by atoms with Crippen molar-refractivity contribution in [2.24, 2.45) is 0 Å². The number of benzene rings is 2. The molecule has 4 rings (SSSR count). The number of carbonyl (C=O) groups excluding carboxylic acids is 1. The van der Waals surface area contributed by atoms with Gasteiger partial charge in [-0.2, -0.15) is 0 Å². The molecule has 0 aromatic heterocycles. The first-order chi connectivity index (χ1) is 13.2. The highest BCUT2D eigenvalue weighted by molar-refractivity contribution is 6.30. The standard InChI is InChI=1S/C22H25ClN2O2/c23-18-5-3-6-20(16-18)27-19-9-11-24(12-10-19)14-15-25-13-8-17-4-1-2-7-21(17)22(25)26/h1-7,16,19H,8-15H2. The monoisotopic (exact) mass is 384 g/mol. The lowest BCUT2D eigenvalue weighted by Crippen LogP contribution is -2.45. The Labute approximate surface area is 165 Å². The SMILES string of the molecule is O=C1c2ccccc2CCN1CCN1CCC(Oc2cccc(Cl)c2)CC1. The minimum absolute atomic E-state index is 0.177. The van der Waals surface area contributed by atoms with Gasteiger partial charge in [0.1, 0.15) is 11.9 Å². The van der Waals surface area contributed by atoms with E-state index in [9.17, 15) is 4.79 Å². The number of likely N-dealkylation sites (tertiary alicyclic amines) is 1. The zero-order valence-corrected chi connectivity index (χ0v) is 16.2. The summed E-state index contributed by atoms with van der Waals surface area (Å²) in [5, 5.41) is 0.706. The third kappa shape index (κ3) is 4.45. The first-order valence-corrected chi connectivity index (χ1v) is 10.1. The van der Waals surface area contributed by atoms with Gasteiger partial charge in [0.25, 0.3) is 5.91 Å². The largest absolute Gasteiger partial charge is 0.490 e. The number of amides is 1. The highest BCUT2D eigenvalue weighted by Gasteiger charge is 2.25. The van der Waals surface area contributed by atoms with Gasteiger partial charge in [0.2, 0.25) is 0 Å². The molecule has 0 unspecified atom stereocenters. The highest BCUT2D eigenvalue weighted by Crippen LogP contribution is 2.22. The summed E-state index contributed by atoms with van der Waals surface area (Å²) in [6.07, 6.45) is 3.20. The fourth-order valence-electron chi connectivity index (χ4n) is 3.93. The maximum absolute atomic E-state index is 12.6. The first kappa shape index (κ1) is 18.3. The second-order valence-electron chi connectivity index (χ2n) is 7.32. The first-order valence-electron chi connectivity index (χ1n) is 9.71. The fourth-order valence-corrected chi connectivity index (χ4v) is 4.11. The third-order valence-corrected chi connectivity index (χ3v) is 5.74. The van der Waals surface area contributed by atoms with Crippen molar-refractivity contribution in [1.29, 1.82) is 0 Å². The lowest BCUT2D eigenvalue weighted by atomic mass is 9.99. The Hall–Kier alpha value is -2.04. The van der Waals surface area contributed by atoms with Crippen molar-refractivity contribution in [2.45, 2.75) is 25.4 Å². The summed E-state index contributed by atoms with van der Waals surface area (Å²) >= 11 is 6.02. The number of ether oxygens (including phenoxy) is 1. The normalized spacial score (nSPS) is 18.4. The molecule has 5 heteroatoms. The third-order valence-electron chi connectivity index (χ3n) is 5.51. The van der Waals surface area contributed by atoms with E-state index in [-0.39, 0.29) is 12.0 Å². The maximum Gasteiger partial charge on any atom is 0.254 e. The molecule has 142 valence electrons. The molecule has 2 heterocycles. The van der Waals surface area contributed by atoms with Gasteiger partial charge in [0.05, 0.1) is 0 Å². The van der Waals surface area contributed by atoms with Crippen molar-refractivity contribution < 1.29 is 9.53 Å². The van der Waals surface area contributed by atoms with E-state index >= 15 is 0 Å². The molecule has 2 aromatic carbocycles. The molecular weight excluding hydrogens is 360 g/mol. The van der Waals surface area contributed by atoms with Crippen LogP contribution in [0.1, 0.15) is 28.8 Å². The van der Waals surface area contributed by atoms with Gasteiger partial charge >= 0.3 is 0 Å². The number of fused-ring (bicyclic) bond motifs is 1. The van der Waals surface area contributed by atoms with Gasteiger partial charge < -0.3 is 14.5 Å². The van der Waals surface area contributed by atoms with Gasteiger partial charge in [0.15, 0.2) is 0 Å². The molecule has 0 aliphatic carbocycles. The Morgan fingerprint density at radius 3 is 2.63 bits per heavy atom. The zero-order valence-electron chi connectivity index (χ0n) is 15.4. The predicted molar refractivity (Wildman–Crippen MR) is 108 cm³/mol. The van der Waals surface area contributed by atoms with Crippen molar-refractivity contribution >= 4 is 17.5 Å². The summed E-state index contributed by atoms with van der Waals surface area (Å²) < 4.78 is 6.06. The molecule has 4 nitrogen and oxygen atoms in total. The smallest absolute Gasteiger partial charge is 0.254 e. The number of halogens is 1. The minimum atomic E-state index is 0.177. The van der Waals surface area contributed by atoms with Crippen LogP contribution in [-0.2, 0) is 6.42 Å². The average Bonchev–Trinajstić information content (AvgIpc) is 2.69. The van der Waals surface area contributed by atoms with Crippen molar-refractivity contribution in [3.05, 3.63) is 64.7 Å². The van der Waals surface area contributed by atoms with Crippen LogP contribution in [0.15, 0.2) is 48.5 Å². The lowest BCUT2D eigenvalue weighted by Gasteiger charge is -2.35. The molecule has 2 aliphatic heterocycles. The zero-order chi connectivity index (χ0) is 18.6. The van der Waals surface area contributed by atoms with Crippen molar-refractivity contribution in [3.63, 3.8) is 0 Å². The second kappa shape index (κ2) is 8.32. The summed E-state index contributed by atoms with van der Waals surface area (Å²) in [4.78, 5) is 17.1. The van der Waals surface area contributed by atoms with Gasteiger partial charge in [-0.1, -0.05) is 35.9 Å². The van der Waals surface area contributed by atoms with E-state index in [4.69, 9.17) is 16.3 Å². The van der Waals surface area contributed by atoms with E-state index in [2.05, 4.69) is 11.0 Å². The second-order valence-corrected chi connectivity index (χ2v) is 7.75. The summed E-state index contributed by atoms with van der Waals surface area (Å²) in [5.74, 6) is 1.02. The summed E-state index contributed by atoms with van der Waals surface area (Å²) in [7, 11) is 0. The van der Waals surface area contributed by atoms with Crippen LogP contribution in [0.2, 0.25) is 5.02 Å². The number of piperidine rings is 1. The molecule has 1 amide bonds. The molecule has 2 aliphatic rings. The number of rotatable bonds is 5. The van der Waals surface area contributed by atoms with Crippen molar-refractivity contribution in [3.8, 4) is 5.75 Å². The molecule has 0 radical (unpaired) electrons. The van der Waals surface area contributed by atoms with Gasteiger partial charge in [-0.15, -0.1) is 0 Å². The van der Waals surface area contributed by atoms with Crippen LogP contribution in [0.25, 0.3) is 0 Å². The molecule has 1 fully saturated rings. The Morgan fingerprint density at radius 1 is 1.00 bits per heavy atom. The summed E-state index contributed by atoms with van der Waals surface area (Å²) in [5.41, 5.74) is 2.05. The molecule has 0 N–H and O–H groups in total. The predicted octanol–water partition coefficient (Wildman–Crippen LogP) is 3.88. The molecule has 0 saturated carbocycles. The molecule has 0 spiro atoms. The number of hydrogen-bond acceptors (Lipinski definition) is 3. The molecule has 27 heavy (non-hydrogen) atoms. The van der Waals surface area contributed by atoms with Crippen LogP contribution in [-0.4, -0.2) is 54.5 Å². The molecule has 1 saturated heterocycles. The summed E-state index contributed by atoms with van der Waals surface area (Å²) in [6, 6.07) is 15.6. The number of nitrogens with zero attached hydrogens (tertiary/aromatic N) is 2. The quantitative estimate of drug-likeness (QED) is 0.784. The number of hydrogen-bond donors (Lipinski definition) is 0.